The van der Waals surface area contributed by atoms with E-state index in [-0.39, 0.29) is 5.91 Å². The van der Waals surface area contributed by atoms with Crippen LogP contribution in [0.2, 0.25) is 0 Å². The van der Waals surface area contributed by atoms with Crippen molar-refractivity contribution in [2.75, 3.05) is 18.0 Å². The summed E-state index contributed by atoms with van der Waals surface area (Å²) in [5.74, 6) is 1.49. The number of aryl methyl sites for hydroxylation is 2. The van der Waals surface area contributed by atoms with Crippen molar-refractivity contribution in [3.63, 3.8) is 0 Å². The Morgan fingerprint density at radius 2 is 2.16 bits per heavy atom. The van der Waals surface area contributed by atoms with Crippen LogP contribution in [0.5, 0.6) is 0 Å². The van der Waals surface area contributed by atoms with E-state index in [0.29, 0.717) is 18.4 Å². The Balaban J connectivity index is 1.61. The zero-order chi connectivity index (χ0) is 13.0. The Labute approximate surface area is 112 Å². The first kappa shape index (κ1) is 11.2. The van der Waals surface area contributed by atoms with Gasteiger partial charge < -0.3 is 10.2 Å². The van der Waals surface area contributed by atoms with E-state index in [0.717, 1.165) is 37.6 Å². The molecule has 3 aliphatic rings. The number of aromatic nitrogens is 2. The number of hydrogen-bond donors (Lipinski definition) is 1. The van der Waals surface area contributed by atoms with Crippen molar-refractivity contribution >= 4 is 11.9 Å². The monoisotopic (exact) mass is 258 g/mol. The Morgan fingerprint density at radius 1 is 1.26 bits per heavy atom. The summed E-state index contributed by atoms with van der Waals surface area (Å²) in [4.78, 5) is 23.0. The van der Waals surface area contributed by atoms with Gasteiger partial charge in [-0.3, -0.25) is 4.79 Å². The van der Waals surface area contributed by atoms with E-state index in [1.807, 2.05) is 0 Å². The minimum absolute atomic E-state index is 0.195. The number of amides is 1. The minimum atomic E-state index is 0.195. The zero-order valence-corrected chi connectivity index (χ0v) is 11.1. The Hall–Kier alpha value is -1.65. The molecule has 0 unspecified atom stereocenters. The number of carbonyl (C=O) groups is 1. The number of carbonyl (C=O) groups excluding carboxylic acids is 1. The van der Waals surface area contributed by atoms with Crippen LogP contribution < -0.4 is 10.2 Å². The lowest BCUT2D eigenvalue weighted by atomic mass is 10.1. The van der Waals surface area contributed by atoms with Gasteiger partial charge in [-0.05, 0) is 31.7 Å². The van der Waals surface area contributed by atoms with Crippen LogP contribution in [0.1, 0.15) is 29.8 Å². The first-order chi connectivity index (χ1) is 9.20. The number of rotatable bonds is 1. The molecule has 19 heavy (non-hydrogen) atoms. The normalized spacial score (nSPS) is 28.5. The third kappa shape index (κ3) is 1.71. The summed E-state index contributed by atoms with van der Waals surface area (Å²) in [7, 11) is 0. The Bertz CT molecular complexity index is 541. The number of nitrogens with zero attached hydrogens (tertiary/aromatic N) is 3. The molecule has 4 rings (SSSR count). The predicted octanol–water partition coefficient (Wildman–Crippen LogP) is 0.598. The summed E-state index contributed by atoms with van der Waals surface area (Å²) in [6, 6.07) is 0.296. The third-order valence-electron chi connectivity index (χ3n) is 4.65. The van der Waals surface area contributed by atoms with Gasteiger partial charge in [0.05, 0.1) is 6.04 Å². The van der Waals surface area contributed by atoms with Crippen molar-refractivity contribution in [1.29, 1.82) is 0 Å². The Morgan fingerprint density at radius 3 is 3.00 bits per heavy atom. The van der Waals surface area contributed by atoms with Gasteiger partial charge in [0, 0.05) is 36.8 Å². The first-order valence-electron chi connectivity index (χ1n) is 7.11. The summed E-state index contributed by atoms with van der Waals surface area (Å²) in [6.45, 7) is 3.85. The number of anilines is 1. The highest BCUT2D eigenvalue weighted by molar-refractivity contribution is 5.79. The average Bonchev–Trinajstić information content (AvgIpc) is 3.01. The van der Waals surface area contributed by atoms with Gasteiger partial charge in [-0.2, -0.15) is 0 Å². The fraction of sp³-hybridized carbons (Fsp3) is 0.643. The molecule has 3 heterocycles. The summed E-state index contributed by atoms with van der Waals surface area (Å²) in [5.41, 5.74) is 3.73. The van der Waals surface area contributed by atoms with Gasteiger partial charge in [0.1, 0.15) is 0 Å². The van der Waals surface area contributed by atoms with Gasteiger partial charge in [0.25, 0.3) is 0 Å². The van der Waals surface area contributed by atoms with Crippen molar-refractivity contribution in [1.82, 2.24) is 15.3 Å². The van der Waals surface area contributed by atoms with Crippen molar-refractivity contribution in [2.24, 2.45) is 5.92 Å². The third-order valence-corrected chi connectivity index (χ3v) is 4.65. The van der Waals surface area contributed by atoms with Crippen molar-refractivity contribution in [3.05, 3.63) is 17.0 Å². The largest absolute Gasteiger partial charge is 0.351 e. The molecule has 5 nitrogen and oxygen atoms in total. The fourth-order valence-electron chi connectivity index (χ4n) is 3.65. The van der Waals surface area contributed by atoms with Crippen molar-refractivity contribution in [2.45, 2.75) is 38.6 Å². The van der Waals surface area contributed by atoms with E-state index >= 15 is 0 Å². The molecule has 0 radical (unpaired) electrons. The van der Waals surface area contributed by atoms with Crippen LogP contribution in [0.15, 0.2) is 0 Å². The molecular formula is C14H18N4O. The molecule has 0 saturated carbocycles. The zero-order valence-electron chi connectivity index (χ0n) is 11.1. The number of hydrogen-bond acceptors (Lipinski definition) is 4. The van der Waals surface area contributed by atoms with E-state index < -0.39 is 0 Å². The lowest BCUT2D eigenvalue weighted by Crippen LogP contribution is -2.33. The Kier molecular flexibility index (Phi) is 2.31. The highest BCUT2D eigenvalue weighted by Gasteiger charge is 2.41. The molecule has 2 saturated heterocycles. The standard InChI is InChI=1S/C14H18N4O/c1-8-10-3-2-4-11(10)17-14(15-8)18-6-9-5-13(19)16-12(9)7-18/h9,12H,2-7H2,1H3,(H,16,19)/t9-,12+/m0/s1. The van der Waals surface area contributed by atoms with Crippen molar-refractivity contribution in [3.8, 4) is 0 Å². The summed E-state index contributed by atoms with van der Waals surface area (Å²) < 4.78 is 0. The maximum absolute atomic E-state index is 11.3. The molecule has 5 heteroatoms. The van der Waals surface area contributed by atoms with Crippen LogP contribution in [0.4, 0.5) is 5.95 Å². The van der Waals surface area contributed by atoms with E-state index in [2.05, 4.69) is 22.1 Å². The second-order valence-corrected chi connectivity index (χ2v) is 5.93. The maximum Gasteiger partial charge on any atom is 0.225 e. The molecule has 100 valence electrons. The molecule has 1 aliphatic carbocycles. The van der Waals surface area contributed by atoms with Gasteiger partial charge in [-0.1, -0.05) is 0 Å². The van der Waals surface area contributed by atoms with Gasteiger partial charge in [0.15, 0.2) is 0 Å². The summed E-state index contributed by atoms with van der Waals surface area (Å²) in [5, 5.41) is 3.05. The van der Waals surface area contributed by atoms with E-state index in [1.54, 1.807) is 0 Å². The first-order valence-corrected chi connectivity index (χ1v) is 7.11. The highest BCUT2D eigenvalue weighted by Crippen LogP contribution is 2.30. The van der Waals surface area contributed by atoms with Crippen LogP contribution in [-0.2, 0) is 17.6 Å². The SMILES string of the molecule is Cc1nc(N2C[C@@H]3CC(=O)N[C@@H]3C2)nc2c1CCC2. The molecule has 0 bridgehead atoms. The van der Waals surface area contributed by atoms with Gasteiger partial charge in [0.2, 0.25) is 11.9 Å². The van der Waals surface area contributed by atoms with E-state index in [1.165, 1.54) is 17.7 Å². The average molecular weight is 258 g/mol. The smallest absolute Gasteiger partial charge is 0.225 e. The molecule has 1 aromatic heterocycles. The van der Waals surface area contributed by atoms with Crippen LogP contribution in [0.3, 0.4) is 0 Å². The lowest BCUT2D eigenvalue weighted by Gasteiger charge is -2.18. The van der Waals surface area contributed by atoms with Crippen LogP contribution in [0.25, 0.3) is 0 Å². The van der Waals surface area contributed by atoms with Crippen molar-refractivity contribution < 1.29 is 4.79 Å². The molecule has 1 aromatic rings. The highest BCUT2D eigenvalue weighted by atomic mass is 16.2. The van der Waals surface area contributed by atoms with Gasteiger partial charge >= 0.3 is 0 Å². The van der Waals surface area contributed by atoms with Crippen LogP contribution in [0, 0.1) is 12.8 Å². The molecule has 0 spiro atoms. The second kappa shape index (κ2) is 3.92. The molecular weight excluding hydrogens is 240 g/mol. The van der Waals surface area contributed by atoms with Crippen LogP contribution in [-0.4, -0.2) is 35.0 Å². The maximum atomic E-state index is 11.3. The van der Waals surface area contributed by atoms with Gasteiger partial charge in [-0.15, -0.1) is 0 Å². The van der Waals surface area contributed by atoms with Gasteiger partial charge in [-0.25, -0.2) is 9.97 Å². The number of nitrogens with one attached hydrogen (secondary N) is 1. The molecule has 1 amide bonds. The molecule has 0 aromatic carbocycles. The summed E-state index contributed by atoms with van der Waals surface area (Å²) >= 11 is 0. The topological polar surface area (TPSA) is 58.1 Å². The quantitative estimate of drug-likeness (QED) is 0.801. The second-order valence-electron chi connectivity index (χ2n) is 5.93. The minimum Gasteiger partial charge on any atom is -0.351 e. The molecule has 2 fully saturated rings. The number of fused-ring (bicyclic) bond motifs is 2. The lowest BCUT2D eigenvalue weighted by molar-refractivity contribution is -0.119. The summed E-state index contributed by atoms with van der Waals surface area (Å²) in [6.07, 6.45) is 4.08. The van der Waals surface area contributed by atoms with Crippen LogP contribution >= 0.6 is 0 Å². The van der Waals surface area contributed by atoms with E-state index in [4.69, 9.17) is 4.98 Å². The molecule has 1 N–H and O–H groups in total. The molecule has 2 aliphatic heterocycles. The fourth-order valence-corrected chi connectivity index (χ4v) is 3.65. The molecule has 2 atom stereocenters. The predicted molar refractivity (Wildman–Crippen MR) is 71.0 cm³/mol. The van der Waals surface area contributed by atoms with E-state index in [9.17, 15) is 4.79 Å².